The van der Waals surface area contributed by atoms with Crippen molar-refractivity contribution in [1.29, 1.82) is 0 Å². The van der Waals surface area contributed by atoms with E-state index in [0.717, 1.165) is 24.0 Å². The number of hydrogen-bond donors (Lipinski definition) is 1. The van der Waals surface area contributed by atoms with Crippen molar-refractivity contribution in [2.24, 2.45) is 0 Å². The van der Waals surface area contributed by atoms with Gasteiger partial charge in [-0.05, 0) is 68.4 Å². The normalized spacial score (nSPS) is 12.5. The Bertz CT molecular complexity index is 1180. The van der Waals surface area contributed by atoms with E-state index >= 15 is 0 Å². The molecular formula is C28H34N2O3S. The number of nitrogens with zero attached hydrogens (tertiary/aromatic N) is 1. The van der Waals surface area contributed by atoms with E-state index in [2.05, 4.69) is 17.4 Å². The molecule has 5 nitrogen and oxygen atoms in total. The van der Waals surface area contributed by atoms with E-state index in [1.807, 2.05) is 74.5 Å². The summed E-state index contributed by atoms with van der Waals surface area (Å²) in [4.78, 5) is 13.2. The number of nitrogens with one attached hydrogen (secondary N) is 1. The molecule has 0 aliphatic carbocycles. The highest BCUT2D eigenvalue weighted by Gasteiger charge is 2.28. The lowest BCUT2D eigenvalue weighted by molar-refractivity contribution is -0.121. The van der Waals surface area contributed by atoms with Crippen molar-refractivity contribution in [3.05, 3.63) is 101 Å². The zero-order valence-corrected chi connectivity index (χ0v) is 21.0. The summed E-state index contributed by atoms with van der Waals surface area (Å²) in [5.41, 5.74) is 3.78. The number of rotatable bonds is 11. The Morgan fingerprint density at radius 1 is 0.882 bits per heavy atom. The molecule has 3 aromatic carbocycles. The minimum absolute atomic E-state index is 0.0629. The molecule has 0 aromatic heterocycles. The molecule has 0 aliphatic heterocycles. The summed E-state index contributed by atoms with van der Waals surface area (Å²) in [6, 6.07) is 25.2. The summed E-state index contributed by atoms with van der Waals surface area (Å²) in [5.74, 6) is -0.289. The van der Waals surface area contributed by atoms with Gasteiger partial charge in [0.15, 0.2) is 0 Å². The van der Waals surface area contributed by atoms with Crippen LogP contribution in [-0.4, -0.2) is 37.8 Å². The minimum Gasteiger partial charge on any atom is -0.352 e. The molecule has 0 radical (unpaired) electrons. The molecule has 0 aliphatic rings. The summed E-state index contributed by atoms with van der Waals surface area (Å²) < 4.78 is 28.5. The van der Waals surface area contributed by atoms with Crippen molar-refractivity contribution < 1.29 is 13.2 Å². The number of hydrogen-bond acceptors (Lipinski definition) is 3. The maximum absolute atomic E-state index is 13.6. The molecule has 0 saturated heterocycles. The molecule has 3 rings (SSSR count). The first-order valence-electron chi connectivity index (χ1n) is 11.7. The van der Waals surface area contributed by atoms with Crippen LogP contribution >= 0.6 is 0 Å². The fourth-order valence-electron chi connectivity index (χ4n) is 3.89. The van der Waals surface area contributed by atoms with Crippen LogP contribution in [0.25, 0.3) is 0 Å². The van der Waals surface area contributed by atoms with E-state index < -0.39 is 10.0 Å². The highest BCUT2D eigenvalue weighted by atomic mass is 32.2. The SMILES string of the molecule is Cc1ccc(C)c(S(=O)(=O)N(CCc2ccccc2)CC(=O)N[C@@H](C)CCc2ccccc2)c1. The van der Waals surface area contributed by atoms with Gasteiger partial charge in [-0.3, -0.25) is 4.79 Å². The predicted molar refractivity (Wildman–Crippen MR) is 137 cm³/mol. The second-order valence-corrected chi connectivity index (χ2v) is 10.7. The van der Waals surface area contributed by atoms with Gasteiger partial charge in [-0.15, -0.1) is 0 Å². The van der Waals surface area contributed by atoms with Crippen molar-refractivity contribution >= 4 is 15.9 Å². The number of aryl methyl sites for hydroxylation is 3. The molecule has 180 valence electrons. The largest absolute Gasteiger partial charge is 0.352 e. The lowest BCUT2D eigenvalue weighted by Crippen LogP contribution is -2.44. The Morgan fingerprint density at radius 3 is 2.09 bits per heavy atom. The maximum Gasteiger partial charge on any atom is 0.243 e. The topological polar surface area (TPSA) is 66.5 Å². The summed E-state index contributed by atoms with van der Waals surface area (Å²) >= 11 is 0. The van der Waals surface area contributed by atoms with Crippen LogP contribution in [0, 0.1) is 13.8 Å². The molecule has 0 saturated carbocycles. The van der Waals surface area contributed by atoms with Gasteiger partial charge in [-0.1, -0.05) is 72.8 Å². The number of amides is 1. The van der Waals surface area contributed by atoms with Crippen molar-refractivity contribution in [3.8, 4) is 0 Å². The fraction of sp³-hybridized carbons (Fsp3) is 0.321. The Balaban J connectivity index is 1.72. The molecule has 0 unspecified atom stereocenters. The van der Waals surface area contributed by atoms with Crippen molar-refractivity contribution in [2.45, 2.75) is 51.0 Å². The van der Waals surface area contributed by atoms with Crippen molar-refractivity contribution in [3.63, 3.8) is 0 Å². The van der Waals surface area contributed by atoms with Gasteiger partial charge >= 0.3 is 0 Å². The molecule has 1 N–H and O–H groups in total. The predicted octanol–water partition coefficient (Wildman–Crippen LogP) is 4.67. The smallest absolute Gasteiger partial charge is 0.243 e. The van der Waals surface area contributed by atoms with Gasteiger partial charge in [0.05, 0.1) is 11.4 Å². The third-order valence-corrected chi connectivity index (χ3v) is 7.88. The first-order valence-corrected chi connectivity index (χ1v) is 13.1. The van der Waals surface area contributed by atoms with Crippen molar-refractivity contribution in [2.75, 3.05) is 13.1 Å². The monoisotopic (exact) mass is 478 g/mol. The van der Waals surface area contributed by atoms with Gasteiger partial charge in [0.25, 0.3) is 0 Å². The number of carbonyl (C=O) groups is 1. The summed E-state index contributed by atoms with van der Waals surface area (Å²) in [7, 11) is -3.84. The summed E-state index contributed by atoms with van der Waals surface area (Å²) in [6.07, 6.45) is 2.16. The summed E-state index contributed by atoms with van der Waals surface area (Å²) in [5, 5.41) is 2.98. The molecule has 1 atom stereocenters. The van der Waals surface area contributed by atoms with E-state index in [-0.39, 0.29) is 29.9 Å². The van der Waals surface area contributed by atoms with Crippen LogP contribution in [0.2, 0.25) is 0 Å². The molecule has 1 amide bonds. The molecule has 0 spiro atoms. The summed E-state index contributed by atoms with van der Waals surface area (Å²) in [6.45, 7) is 5.62. The van der Waals surface area contributed by atoms with Gasteiger partial charge in [-0.25, -0.2) is 8.42 Å². The van der Waals surface area contributed by atoms with Crippen LogP contribution in [0.4, 0.5) is 0 Å². The van der Waals surface area contributed by atoms with Gasteiger partial charge in [0.1, 0.15) is 0 Å². The quantitative estimate of drug-likeness (QED) is 0.435. The molecule has 3 aromatic rings. The van der Waals surface area contributed by atoms with Gasteiger partial charge in [0.2, 0.25) is 15.9 Å². The van der Waals surface area contributed by atoms with E-state index in [1.54, 1.807) is 13.0 Å². The zero-order chi connectivity index (χ0) is 24.6. The van der Waals surface area contributed by atoms with Gasteiger partial charge in [0, 0.05) is 12.6 Å². The standard InChI is InChI=1S/C28H34N2O3S/c1-22-14-15-23(2)27(20-22)34(32,33)30(19-18-26-12-8-5-9-13-26)21-28(31)29-24(3)16-17-25-10-6-4-7-11-25/h4-15,20,24H,16-19,21H2,1-3H3,(H,29,31)/t24-/m0/s1. The molecule has 0 bridgehead atoms. The van der Waals surface area contributed by atoms with Gasteiger partial charge in [-0.2, -0.15) is 4.31 Å². The van der Waals surface area contributed by atoms with Crippen molar-refractivity contribution in [1.82, 2.24) is 9.62 Å². The van der Waals surface area contributed by atoms with E-state index in [9.17, 15) is 13.2 Å². The van der Waals surface area contributed by atoms with E-state index in [4.69, 9.17) is 0 Å². The zero-order valence-electron chi connectivity index (χ0n) is 20.2. The highest BCUT2D eigenvalue weighted by molar-refractivity contribution is 7.89. The van der Waals surface area contributed by atoms with Crippen LogP contribution < -0.4 is 5.32 Å². The second-order valence-electron chi connectivity index (χ2n) is 8.84. The fourth-order valence-corrected chi connectivity index (χ4v) is 5.59. The maximum atomic E-state index is 13.6. The Labute approximate surface area is 203 Å². The lowest BCUT2D eigenvalue weighted by Gasteiger charge is -2.24. The Kier molecular flexibility index (Phi) is 9.02. The van der Waals surface area contributed by atoms with Crippen LogP contribution in [-0.2, 0) is 27.7 Å². The van der Waals surface area contributed by atoms with Gasteiger partial charge < -0.3 is 5.32 Å². The molecular weight excluding hydrogens is 444 g/mol. The van der Waals surface area contributed by atoms with Crippen LogP contribution in [0.1, 0.15) is 35.6 Å². The molecule has 34 heavy (non-hydrogen) atoms. The first kappa shape index (κ1) is 25.7. The average Bonchev–Trinajstić information content (AvgIpc) is 2.83. The Hall–Kier alpha value is -2.96. The minimum atomic E-state index is -3.84. The van der Waals surface area contributed by atoms with Crippen LogP contribution in [0.15, 0.2) is 83.8 Å². The van der Waals surface area contributed by atoms with Crippen LogP contribution in [0.5, 0.6) is 0 Å². The second kappa shape index (κ2) is 12.0. The van der Waals surface area contributed by atoms with E-state index in [1.165, 1.54) is 9.87 Å². The Morgan fingerprint density at radius 2 is 1.47 bits per heavy atom. The molecule has 0 fully saturated rings. The van der Waals surface area contributed by atoms with Crippen LogP contribution in [0.3, 0.4) is 0 Å². The number of carbonyl (C=O) groups excluding carboxylic acids is 1. The average molecular weight is 479 g/mol. The van der Waals surface area contributed by atoms with E-state index in [0.29, 0.717) is 12.0 Å². The molecule has 6 heteroatoms. The third-order valence-electron chi connectivity index (χ3n) is 5.89. The highest BCUT2D eigenvalue weighted by Crippen LogP contribution is 2.22. The third kappa shape index (κ3) is 7.27. The lowest BCUT2D eigenvalue weighted by atomic mass is 10.1. The number of benzene rings is 3. The first-order chi connectivity index (χ1) is 16.3. The number of sulfonamides is 1. The molecule has 0 heterocycles.